The number of hydrazine groups is 1. The molecule has 0 amide bonds. The van der Waals surface area contributed by atoms with Crippen molar-refractivity contribution in [3.63, 3.8) is 0 Å². The zero-order chi connectivity index (χ0) is 15.2. The summed E-state index contributed by atoms with van der Waals surface area (Å²) < 4.78 is 5.55. The molecule has 2 rings (SSSR count). The maximum atomic E-state index is 5.79. The maximum Gasteiger partial charge on any atom is 0.124 e. The van der Waals surface area contributed by atoms with Crippen molar-refractivity contribution in [1.29, 1.82) is 0 Å². The lowest BCUT2D eigenvalue weighted by molar-refractivity contribution is 0.393. The SMILES string of the molecule is COc1cc(C)cc(C)c1C(CCCc1cccs1)NN. The highest BCUT2D eigenvalue weighted by Gasteiger charge is 2.17. The molecule has 0 aliphatic rings. The average molecular weight is 304 g/mol. The molecule has 0 saturated heterocycles. The molecule has 4 heteroatoms. The molecule has 21 heavy (non-hydrogen) atoms. The Hall–Kier alpha value is -1.36. The first-order chi connectivity index (χ1) is 10.2. The van der Waals surface area contributed by atoms with Gasteiger partial charge in [-0.3, -0.25) is 11.3 Å². The van der Waals surface area contributed by atoms with E-state index in [2.05, 4.69) is 48.9 Å². The lowest BCUT2D eigenvalue weighted by atomic mass is 9.94. The van der Waals surface area contributed by atoms with Gasteiger partial charge in [-0.05, 0) is 61.7 Å². The first kappa shape index (κ1) is 16.0. The molecular weight excluding hydrogens is 280 g/mol. The van der Waals surface area contributed by atoms with Crippen molar-refractivity contribution in [3.05, 3.63) is 51.2 Å². The predicted molar refractivity (Wildman–Crippen MR) is 89.8 cm³/mol. The van der Waals surface area contributed by atoms with Crippen LogP contribution in [0.1, 0.15) is 40.5 Å². The quantitative estimate of drug-likeness (QED) is 0.602. The van der Waals surface area contributed by atoms with Crippen LogP contribution in [0.4, 0.5) is 0 Å². The number of nitrogens with two attached hydrogens (primary N) is 1. The van der Waals surface area contributed by atoms with Crippen LogP contribution in [0.5, 0.6) is 5.75 Å². The summed E-state index contributed by atoms with van der Waals surface area (Å²) in [6.07, 6.45) is 3.20. The van der Waals surface area contributed by atoms with Crippen LogP contribution in [0.25, 0.3) is 0 Å². The molecule has 1 aromatic heterocycles. The molecular formula is C17H24N2OS. The van der Waals surface area contributed by atoms with Gasteiger partial charge in [0.05, 0.1) is 7.11 Å². The maximum absolute atomic E-state index is 5.79. The molecule has 114 valence electrons. The van der Waals surface area contributed by atoms with Crippen LogP contribution in [-0.2, 0) is 6.42 Å². The van der Waals surface area contributed by atoms with Crippen molar-refractivity contribution >= 4 is 11.3 Å². The van der Waals surface area contributed by atoms with Gasteiger partial charge in [0, 0.05) is 16.5 Å². The molecule has 3 N–H and O–H groups in total. The van der Waals surface area contributed by atoms with Gasteiger partial charge in [0.1, 0.15) is 5.75 Å². The Balaban J connectivity index is 2.09. The first-order valence-corrected chi connectivity index (χ1v) is 8.17. The minimum Gasteiger partial charge on any atom is -0.496 e. The first-order valence-electron chi connectivity index (χ1n) is 7.29. The van der Waals surface area contributed by atoms with E-state index < -0.39 is 0 Å². The monoisotopic (exact) mass is 304 g/mol. The van der Waals surface area contributed by atoms with Crippen LogP contribution in [0.2, 0.25) is 0 Å². The van der Waals surface area contributed by atoms with E-state index in [1.54, 1.807) is 7.11 Å². The zero-order valence-electron chi connectivity index (χ0n) is 13.0. The number of hydrogen-bond acceptors (Lipinski definition) is 4. The molecule has 3 nitrogen and oxygen atoms in total. The van der Waals surface area contributed by atoms with Gasteiger partial charge in [-0.1, -0.05) is 12.1 Å². The van der Waals surface area contributed by atoms with E-state index in [1.807, 2.05) is 11.3 Å². The molecule has 0 spiro atoms. The predicted octanol–water partition coefficient (Wildman–Crippen LogP) is 3.90. The van der Waals surface area contributed by atoms with Gasteiger partial charge in [-0.2, -0.15) is 0 Å². The topological polar surface area (TPSA) is 47.3 Å². The number of aryl methyl sites for hydroxylation is 3. The molecule has 1 unspecified atom stereocenters. The standard InChI is InChI=1S/C17H24N2OS/c1-12-10-13(2)17(16(11-12)20-3)15(19-18)8-4-6-14-7-5-9-21-14/h5,7,9-11,15,19H,4,6,8,18H2,1-3H3. The van der Waals surface area contributed by atoms with E-state index in [1.165, 1.54) is 21.6 Å². The molecule has 0 aliphatic heterocycles. The number of benzene rings is 1. The van der Waals surface area contributed by atoms with Gasteiger partial charge >= 0.3 is 0 Å². The number of rotatable bonds is 7. The fourth-order valence-corrected chi connectivity index (χ4v) is 3.55. The second kappa shape index (κ2) is 7.59. The lowest BCUT2D eigenvalue weighted by Crippen LogP contribution is -2.29. The van der Waals surface area contributed by atoms with Gasteiger partial charge in [-0.15, -0.1) is 11.3 Å². The highest BCUT2D eigenvalue weighted by molar-refractivity contribution is 7.09. The molecule has 0 bridgehead atoms. The number of thiophene rings is 1. The molecule has 0 saturated carbocycles. The third-order valence-electron chi connectivity index (χ3n) is 3.76. The summed E-state index contributed by atoms with van der Waals surface area (Å²) >= 11 is 1.81. The summed E-state index contributed by atoms with van der Waals surface area (Å²) in [6, 6.07) is 8.67. The van der Waals surface area contributed by atoms with Crippen LogP contribution in [-0.4, -0.2) is 7.11 Å². The van der Waals surface area contributed by atoms with Crippen molar-refractivity contribution in [2.75, 3.05) is 7.11 Å². The van der Waals surface area contributed by atoms with E-state index in [4.69, 9.17) is 10.6 Å². The van der Waals surface area contributed by atoms with E-state index in [0.29, 0.717) is 0 Å². The summed E-state index contributed by atoms with van der Waals surface area (Å²) in [5.41, 5.74) is 6.57. The van der Waals surface area contributed by atoms with Crippen LogP contribution < -0.4 is 16.0 Å². The van der Waals surface area contributed by atoms with E-state index in [-0.39, 0.29) is 6.04 Å². The van der Waals surface area contributed by atoms with Crippen LogP contribution in [0.3, 0.4) is 0 Å². The lowest BCUT2D eigenvalue weighted by Gasteiger charge is -2.22. The number of hydrogen-bond donors (Lipinski definition) is 2. The van der Waals surface area contributed by atoms with Crippen LogP contribution in [0.15, 0.2) is 29.6 Å². The molecule has 1 heterocycles. The Labute approximate surface area is 131 Å². The zero-order valence-corrected chi connectivity index (χ0v) is 13.8. The fourth-order valence-electron chi connectivity index (χ4n) is 2.80. The smallest absolute Gasteiger partial charge is 0.124 e. The number of methoxy groups -OCH3 is 1. The molecule has 1 aromatic carbocycles. The summed E-state index contributed by atoms with van der Waals surface area (Å²) in [4.78, 5) is 1.43. The number of nitrogens with one attached hydrogen (secondary N) is 1. The third-order valence-corrected chi connectivity index (χ3v) is 4.70. The van der Waals surface area contributed by atoms with E-state index in [0.717, 1.165) is 25.0 Å². The minimum absolute atomic E-state index is 0.125. The highest BCUT2D eigenvalue weighted by Crippen LogP contribution is 2.32. The Morgan fingerprint density at radius 1 is 1.33 bits per heavy atom. The molecule has 0 aliphatic carbocycles. The summed E-state index contributed by atoms with van der Waals surface area (Å²) in [6.45, 7) is 4.20. The molecule has 1 atom stereocenters. The Bertz CT molecular complexity index is 566. The van der Waals surface area contributed by atoms with E-state index in [9.17, 15) is 0 Å². The molecule has 0 fully saturated rings. The second-order valence-corrected chi connectivity index (χ2v) is 6.42. The van der Waals surface area contributed by atoms with Gasteiger partial charge < -0.3 is 4.74 Å². The molecule has 2 aromatic rings. The van der Waals surface area contributed by atoms with Gasteiger partial charge in [0.15, 0.2) is 0 Å². The third kappa shape index (κ3) is 4.06. The van der Waals surface area contributed by atoms with Crippen molar-refractivity contribution in [1.82, 2.24) is 5.43 Å². The van der Waals surface area contributed by atoms with Gasteiger partial charge in [0.25, 0.3) is 0 Å². The van der Waals surface area contributed by atoms with Crippen molar-refractivity contribution in [2.24, 2.45) is 5.84 Å². The Kier molecular flexibility index (Phi) is 5.79. The van der Waals surface area contributed by atoms with Crippen molar-refractivity contribution in [3.8, 4) is 5.75 Å². The number of ether oxygens (including phenoxy) is 1. The second-order valence-electron chi connectivity index (χ2n) is 5.39. The van der Waals surface area contributed by atoms with Crippen molar-refractivity contribution < 1.29 is 4.74 Å². The van der Waals surface area contributed by atoms with Crippen LogP contribution in [0, 0.1) is 13.8 Å². The highest BCUT2D eigenvalue weighted by atomic mass is 32.1. The average Bonchev–Trinajstić information content (AvgIpc) is 2.97. The molecule has 0 radical (unpaired) electrons. The van der Waals surface area contributed by atoms with Crippen LogP contribution >= 0.6 is 11.3 Å². The fraction of sp³-hybridized carbons (Fsp3) is 0.412. The summed E-state index contributed by atoms with van der Waals surface area (Å²) in [7, 11) is 1.72. The Morgan fingerprint density at radius 3 is 2.76 bits per heavy atom. The summed E-state index contributed by atoms with van der Waals surface area (Å²) in [5, 5.41) is 2.13. The largest absolute Gasteiger partial charge is 0.496 e. The van der Waals surface area contributed by atoms with Gasteiger partial charge in [-0.25, -0.2) is 0 Å². The van der Waals surface area contributed by atoms with E-state index >= 15 is 0 Å². The summed E-state index contributed by atoms with van der Waals surface area (Å²) in [5.74, 6) is 6.71. The normalized spacial score (nSPS) is 12.4. The van der Waals surface area contributed by atoms with Gasteiger partial charge in [0.2, 0.25) is 0 Å². The van der Waals surface area contributed by atoms with Crippen molar-refractivity contribution in [2.45, 2.75) is 39.2 Å². The Morgan fingerprint density at radius 2 is 2.14 bits per heavy atom. The minimum atomic E-state index is 0.125.